The first kappa shape index (κ1) is 14.1. The minimum atomic E-state index is -0.629. The zero-order chi connectivity index (χ0) is 13.8. The Balaban J connectivity index is 2.20. The molecule has 2 aromatic rings. The van der Waals surface area contributed by atoms with Crippen LogP contribution in [-0.2, 0) is 6.42 Å². The Kier molecular flexibility index (Phi) is 4.66. The number of halogens is 1. The van der Waals surface area contributed by atoms with Crippen LogP contribution < -0.4 is 10.5 Å². The zero-order valence-electron chi connectivity index (χ0n) is 10.6. The van der Waals surface area contributed by atoms with E-state index in [0.717, 1.165) is 5.56 Å². The molecule has 0 aliphatic heterocycles. The molecule has 0 heterocycles. The first-order valence-electron chi connectivity index (χ1n) is 5.96. The maximum Gasteiger partial charge on any atom is 0.142 e. The van der Waals surface area contributed by atoms with Crippen LogP contribution in [0.15, 0.2) is 42.5 Å². The minimum Gasteiger partial charge on any atom is -0.495 e. The van der Waals surface area contributed by atoms with Gasteiger partial charge in [0.2, 0.25) is 0 Å². The SMILES string of the molecule is COc1cccc(C(O)Cc2ccc(I)cc2)c1N. The second-order valence-corrected chi connectivity index (χ2v) is 5.56. The number of nitrogens with two attached hydrogens (primary N) is 1. The van der Waals surface area contributed by atoms with Gasteiger partial charge in [0, 0.05) is 15.6 Å². The molecule has 2 rings (SSSR count). The van der Waals surface area contributed by atoms with Gasteiger partial charge in [-0.2, -0.15) is 0 Å². The van der Waals surface area contributed by atoms with Crippen LogP contribution in [-0.4, -0.2) is 12.2 Å². The number of aliphatic hydroxyl groups excluding tert-OH is 1. The second-order valence-electron chi connectivity index (χ2n) is 4.31. The molecule has 1 atom stereocenters. The van der Waals surface area contributed by atoms with E-state index in [-0.39, 0.29) is 0 Å². The van der Waals surface area contributed by atoms with Crippen molar-refractivity contribution in [2.75, 3.05) is 12.8 Å². The summed E-state index contributed by atoms with van der Waals surface area (Å²) in [4.78, 5) is 0. The average Bonchev–Trinajstić information content (AvgIpc) is 2.41. The highest BCUT2D eigenvalue weighted by atomic mass is 127. The number of anilines is 1. The van der Waals surface area contributed by atoms with Crippen molar-refractivity contribution >= 4 is 28.3 Å². The highest BCUT2D eigenvalue weighted by Gasteiger charge is 2.14. The summed E-state index contributed by atoms with van der Waals surface area (Å²) in [5.41, 5.74) is 8.27. The van der Waals surface area contributed by atoms with Crippen LogP contribution in [0.1, 0.15) is 17.2 Å². The summed E-state index contributed by atoms with van der Waals surface area (Å²) in [6.07, 6.45) is -0.0935. The highest BCUT2D eigenvalue weighted by molar-refractivity contribution is 14.1. The Morgan fingerprint density at radius 1 is 1.21 bits per heavy atom. The van der Waals surface area contributed by atoms with Gasteiger partial charge in [0.05, 0.1) is 18.9 Å². The Bertz CT molecular complexity index is 555. The van der Waals surface area contributed by atoms with Crippen LogP contribution in [0.3, 0.4) is 0 Å². The molecular weight excluding hydrogens is 353 g/mol. The molecule has 4 heteroatoms. The normalized spacial score (nSPS) is 12.2. The molecule has 2 aromatic carbocycles. The van der Waals surface area contributed by atoms with Crippen LogP contribution in [0, 0.1) is 3.57 Å². The third-order valence-corrected chi connectivity index (χ3v) is 3.74. The lowest BCUT2D eigenvalue weighted by Gasteiger charge is -2.15. The van der Waals surface area contributed by atoms with Crippen LogP contribution in [0.4, 0.5) is 5.69 Å². The van der Waals surface area contributed by atoms with Gasteiger partial charge in [-0.25, -0.2) is 0 Å². The molecule has 0 saturated carbocycles. The molecule has 0 fully saturated rings. The molecule has 3 N–H and O–H groups in total. The van der Waals surface area contributed by atoms with Crippen molar-refractivity contribution < 1.29 is 9.84 Å². The topological polar surface area (TPSA) is 55.5 Å². The lowest BCUT2D eigenvalue weighted by atomic mass is 10.00. The van der Waals surface area contributed by atoms with E-state index in [1.165, 1.54) is 3.57 Å². The summed E-state index contributed by atoms with van der Waals surface area (Å²) < 4.78 is 6.34. The van der Waals surface area contributed by atoms with E-state index in [1.807, 2.05) is 36.4 Å². The van der Waals surface area contributed by atoms with Gasteiger partial charge >= 0.3 is 0 Å². The van der Waals surface area contributed by atoms with Gasteiger partial charge < -0.3 is 15.6 Å². The molecule has 100 valence electrons. The molecule has 0 bridgehead atoms. The number of methoxy groups -OCH3 is 1. The second kappa shape index (κ2) is 6.25. The van der Waals surface area contributed by atoms with E-state index in [2.05, 4.69) is 22.6 Å². The number of para-hydroxylation sites is 1. The Morgan fingerprint density at radius 2 is 1.89 bits per heavy atom. The predicted molar refractivity (Wildman–Crippen MR) is 85.2 cm³/mol. The summed E-state index contributed by atoms with van der Waals surface area (Å²) >= 11 is 2.26. The number of ether oxygens (including phenoxy) is 1. The number of nitrogen functional groups attached to an aromatic ring is 1. The van der Waals surface area contributed by atoms with E-state index in [1.54, 1.807) is 13.2 Å². The highest BCUT2D eigenvalue weighted by Crippen LogP contribution is 2.31. The molecule has 3 nitrogen and oxygen atoms in total. The van der Waals surface area contributed by atoms with Crippen LogP contribution >= 0.6 is 22.6 Å². The smallest absolute Gasteiger partial charge is 0.142 e. The van der Waals surface area contributed by atoms with Crippen molar-refractivity contribution in [1.29, 1.82) is 0 Å². The van der Waals surface area contributed by atoms with E-state index < -0.39 is 6.10 Å². The lowest BCUT2D eigenvalue weighted by molar-refractivity contribution is 0.179. The standard InChI is InChI=1S/C15H16INO2/c1-19-14-4-2-3-12(15(14)17)13(18)9-10-5-7-11(16)8-6-10/h2-8,13,18H,9,17H2,1H3. The van der Waals surface area contributed by atoms with Crippen molar-refractivity contribution in [2.24, 2.45) is 0 Å². The molecule has 19 heavy (non-hydrogen) atoms. The Labute approximate surface area is 126 Å². The number of hydrogen-bond donors (Lipinski definition) is 2. The molecule has 0 aromatic heterocycles. The van der Waals surface area contributed by atoms with E-state index in [9.17, 15) is 5.11 Å². The number of rotatable bonds is 4. The predicted octanol–water partition coefficient (Wildman–Crippen LogP) is 3.16. The summed E-state index contributed by atoms with van der Waals surface area (Å²) in [6.45, 7) is 0. The van der Waals surface area contributed by atoms with Crippen molar-refractivity contribution in [2.45, 2.75) is 12.5 Å². The van der Waals surface area contributed by atoms with Gasteiger partial charge in [0.1, 0.15) is 5.75 Å². The molecule has 1 unspecified atom stereocenters. The van der Waals surface area contributed by atoms with Crippen molar-refractivity contribution in [3.05, 3.63) is 57.2 Å². The summed E-state index contributed by atoms with van der Waals surface area (Å²) in [7, 11) is 1.57. The quantitative estimate of drug-likeness (QED) is 0.643. The van der Waals surface area contributed by atoms with E-state index in [0.29, 0.717) is 23.4 Å². The number of benzene rings is 2. The monoisotopic (exact) mass is 369 g/mol. The van der Waals surface area contributed by atoms with Crippen LogP contribution in [0.2, 0.25) is 0 Å². The third kappa shape index (κ3) is 3.39. The fourth-order valence-electron chi connectivity index (χ4n) is 1.98. The summed E-state index contributed by atoms with van der Waals surface area (Å²) in [5.74, 6) is 0.596. The van der Waals surface area contributed by atoms with Crippen molar-refractivity contribution in [3.63, 3.8) is 0 Å². The van der Waals surface area contributed by atoms with E-state index >= 15 is 0 Å². The van der Waals surface area contributed by atoms with E-state index in [4.69, 9.17) is 10.5 Å². The van der Waals surface area contributed by atoms with Crippen LogP contribution in [0.25, 0.3) is 0 Å². The third-order valence-electron chi connectivity index (χ3n) is 3.02. The van der Waals surface area contributed by atoms with Gasteiger partial charge in [0.15, 0.2) is 0 Å². The van der Waals surface area contributed by atoms with Gasteiger partial charge in [-0.3, -0.25) is 0 Å². The lowest BCUT2D eigenvalue weighted by Crippen LogP contribution is -2.06. The maximum absolute atomic E-state index is 10.3. The molecule has 0 aliphatic carbocycles. The number of aliphatic hydroxyl groups is 1. The summed E-state index contributed by atoms with van der Waals surface area (Å²) in [5, 5.41) is 10.3. The molecule has 0 saturated heterocycles. The molecule has 0 radical (unpaired) electrons. The molecule has 0 aliphatic rings. The van der Waals surface area contributed by atoms with Gasteiger partial charge in [-0.05, 0) is 46.4 Å². The molecular formula is C15H16INO2. The average molecular weight is 369 g/mol. The van der Waals surface area contributed by atoms with Crippen molar-refractivity contribution in [1.82, 2.24) is 0 Å². The fraction of sp³-hybridized carbons (Fsp3) is 0.200. The fourth-order valence-corrected chi connectivity index (χ4v) is 2.34. The van der Waals surface area contributed by atoms with Gasteiger partial charge in [-0.15, -0.1) is 0 Å². The Morgan fingerprint density at radius 3 is 2.53 bits per heavy atom. The van der Waals surface area contributed by atoms with Crippen molar-refractivity contribution in [3.8, 4) is 5.75 Å². The first-order valence-corrected chi connectivity index (χ1v) is 7.04. The first-order chi connectivity index (χ1) is 9.11. The summed E-state index contributed by atoms with van der Waals surface area (Å²) in [6, 6.07) is 13.5. The molecule has 0 spiro atoms. The maximum atomic E-state index is 10.3. The minimum absolute atomic E-state index is 0.503. The Hall–Kier alpha value is -1.27. The largest absolute Gasteiger partial charge is 0.495 e. The van der Waals surface area contributed by atoms with Gasteiger partial charge in [0.25, 0.3) is 0 Å². The van der Waals surface area contributed by atoms with Gasteiger partial charge in [-0.1, -0.05) is 24.3 Å². The van der Waals surface area contributed by atoms with Crippen LogP contribution in [0.5, 0.6) is 5.75 Å². The molecule has 0 amide bonds. The zero-order valence-corrected chi connectivity index (χ0v) is 12.8. The number of hydrogen-bond acceptors (Lipinski definition) is 3.